The van der Waals surface area contributed by atoms with Crippen LogP contribution in [0.4, 0.5) is 4.79 Å². The topological polar surface area (TPSA) is 70.5 Å². The van der Waals surface area contributed by atoms with Crippen molar-refractivity contribution in [2.75, 3.05) is 13.1 Å². The van der Waals surface area contributed by atoms with E-state index in [1.165, 1.54) is 11.1 Å². The Morgan fingerprint density at radius 3 is 2.34 bits per heavy atom. The number of benzene rings is 1. The van der Waals surface area contributed by atoms with Crippen molar-refractivity contribution in [1.82, 2.24) is 9.88 Å². The Morgan fingerprint density at radius 1 is 1.10 bits per heavy atom. The van der Waals surface area contributed by atoms with Crippen LogP contribution < -0.4 is 4.35 Å². The first-order chi connectivity index (χ1) is 13.8. The molecule has 29 heavy (non-hydrogen) atoms. The van der Waals surface area contributed by atoms with Gasteiger partial charge in [-0.15, -0.1) is 0 Å². The molecule has 1 aliphatic rings. The van der Waals surface area contributed by atoms with Crippen LogP contribution in [0.25, 0.3) is 0 Å². The van der Waals surface area contributed by atoms with Crippen LogP contribution in [0, 0.1) is 11.8 Å². The zero-order valence-electron chi connectivity index (χ0n) is 17.4. The Kier molecular flexibility index (Phi) is 6.48. The maximum absolute atomic E-state index is 12.7. The molecular weight excluding hydrogens is 427 g/mol. The summed E-state index contributed by atoms with van der Waals surface area (Å²) in [6.07, 6.45) is 3.11. The van der Waals surface area contributed by atoms with Crippen molar-refractivity contribution in [2.45, 2.75) is 39.5 Å². The van der Waals surface area contributed by atoms with Gasteiger partial charge >= 0.3 is 179 Å². The zero-order chi connectivity index (χ0) is 21.2. The Balaban J connectivity index is 2.00. The van der Waals surface area contributed by atoms with Gasteiger partial charge in [-0.25, -0.2) is 0 Å². The predicted octanol–water partition coefficient (Wildman–Crippen LogP) is 3.34. The van der Waals surface area contributed by atoms with Crippen LogP contribution >= 0.6 is 0 Å². The number of hydrogen-bond acceptors (Lipinski definition) is 3. The van der Waals surface area contributed by atoms with Crippen molar-refractivity contribution in [3.8, 4) is 0 Å². The minimum atomic E-state index is -0.858. The van der Waals surface area contributed by atoms with Crippen molar-refractivity contribution in [2.24, 2.45) is 11.8 Å². The number of rotatable bonds is 5. The molecule has 1 aliphatic heterocycles. The van der Waals surface area contributed by atoms with Gasteiger partial charge < -0.3 is 0 Å². The number of nitrogens with zero attached hydrogens (tertiary/aromatic N) is 2. The van der Waals surface area contributed by atoms with E-state index in [4.69, 9.17) is 0 Å². The van der Waals surface area contributed by atoms with Crippen LogP contribution in [0.2, 0.25) is 0 Å². The molecule has 2 aromatic rings. The molecule has 1 N–H and O–H groups in total. The molecule has 0 unspecified atom stereocenters. The van der Waals surface area contributed by atoms with E-state index in [1.807, 2.05) is 0 Å². The van der Waals surface area contributed by atoms with E-state index in [0.717, 1.165) is 4.35 Å². The third-order valence-electron chi connectivity index (χ3n) is 6.18. The van der Waals surface area contributed by atoms with Crippen molar-refractivity contribution in [1.29, 1.82) is 0 Å². The van der Waals surface area contributed by atoms with Gasteiger partial charge in [0.25, 0.3) is 0 Å². The number of carbonyl (C=O) groups is 2. The molecule has 5 nitrogen and oxygen atoms in total. The second kappa shape index (κ2) is 8.71. The van der Waals surface area contributed by atoms with Crippen LogP contribution in [-0.2, 0) is 11.8 Å². The fourth-order valence-electron chi connectivity index (χ4n) is 4.54. The minimum absolute atomic E-state index is 0.156. The number of hydrogen-bond donors (Lipinski definition) is 1. The fourth-order valence-corrected chi connectivity index (χ4v) is 6.39. The zero-order valence-corrected chi connectivity index (χ0v) is 19.3. The van der Waals surface area contributed by atoms with Crippen molar-refractivity contribution in [3.05, 3.63) is 59.4 Å². The molecule has 1 radical (unpaired) electrons. The van der Waals surface area contributed by atoms with E-state index in [0.29, 0.717) is 36.9 Å². The quantitative estimate of drug-likeness (QED) is 0.703. The van der Waals surface area contributed by atoms with E-state index in [1.54, 1.807) is 29.4 Å². The summed E-state index contributed by atoms with van der Waals surface area (Å²) >= 11 is -0.654. The molecule has 1 aromatic heterocycles. The monoisotopic (exact) mass is 455 g/mol. The van der Waals surface area contributed by atoms with E-state index in [-0.39, 0.29) is 9.99 Å². The summed E-state index contributed by atoms with van der Waals surface area (Å²) in [6, 6.07) is 9.90. The number of carbonyl (C=O) groups excluding carboxylic acids is 1. The first kappa shape index (κ1) is 21.6. The summed E-state index contributed by atoms with van der Waals surface area (Å²) in [4.78, 5) is 30.0. The summed E-state index contributed by atoms with van der Waals surface area (Å²) in [5.41, 5.74) is 2.89. The van der Waals surface area contributed by atoms with Gasteiger partial charge in [0.2, 0.25) is 0 Å². The van der Waals surface area contributed by atoms with Crippen LogP contribution in [0.1, 0.15) is 49.2 Å². The second-order valence-electron chi connectivity index (χ2n) is 8.30. The molecule has 2 heterocycles. The van der Waals surface area contributed by atoms with Crippen LogP contribution in [-0.4, -0.2) is 54.5 Å². The van der Waals surface area contributed by atoms with Crippen molar-refractivity contribution >= 4 is 30.8 Å². The summed E-state index contributed by atoms with van der Waals surface area (Å²) in [5.74, 6) is 0.581. The average molecular weight is 455 g/mol. The number of aromatic nitrogens is 1. The van der Waals surface area contributed by atoms with Crippen molar-refractivity contribution < 1.29 is 14.7 Å². The molecule has 1 aromatic carbocycles. The summed E-state index contributed by atoms with van der Waals surface area (Å²) in [7, 11) is 0. The van der Waals surface area contributed by atoms with Gasteiger partial charge in [-0.1, -0.05) is 0 Å². The molecule has 0 saturated heterocycles. The molecular formula is C23H28AsN2O3. The fraction of sp³-hybridized carbons (Fsp3) is 0.435. The number of fused-ring (bicyclic) bond motifs is 1. The third kappa shape index (κ3) is 4.25. The average Bonchev–Trinajstić information content (AvgIpc) is 2.86. The van der Waals surface area contributed by atoms with Gasteiger partial charge in [-0.3, -0.25) is 0 Å². The van der Waals surface area contributed by atoms with Crippen molar-refractivity contribution in [3.63, 3.8) is 0 Å². The standard InChI is InChI=1S/C23H28AsN2O3/c1-15(2)23(16(3)4)14-26(22(28)29)12-9-18-13-19(5-6-20(18)23)24-21(27)17-7-10-25-11-8-17/h5-8,10-11,13,15-16H,9,12,14H2,1-4H3,(H,28,29). The molecule has 0 saturated carbocycles. The summed E-state index contributed by atoms with van der Waals surface area (Å²) < 4.78 is 1.22. The van der Waals surface area contributed by atoms with Crippen LogP contribution in [0.15, 0.2) is 42.7 Å². The van der Waals surface area contributed by atoms with Gasteiger partial charge in [0, 0.05) is 0 Å². The number of pyridine rings is 1. The first-order valence-corrected chi connectivity index (χ1v) is 11.9. The normalized spacial score (nSPS) is 16.3. The first-order valence-electron chi connectivity index (χ1n) is 10.0. The van der Waals surface area contributed by atoms with Gasteiger partial charge in [-0.2, -0.15) is 0 Å². The maximum atomic E-state index is 12.7. The van der Waals surface area contributed by atoms with Gasteiger partial charge in [0.05, 0.1) is 0 Å². The molecule has 0 atom stereocenters. The van der Waals surface area contributed by atoms with Gasteiger partial charge in [-0.05, 0) is 0 Å². The molecule has 0 spiro atoms. The molecule has 0 bridgehead atoms. The molecule has 0 aliphatic carbocycles. The van der Waals surface area contributed by atoms with Gasteiger partial charge in [0.1, 0.15) is 0 Å². The van der Waals surface area contributed by atoms with Crippen LogP contribution in [0.3, 0.4) is 0 Å². The predicted molar refractivity (Wildman–Crippen MR) is 115 cm³/mol. The molecule has 6 heteroatoms. The van der Waals surface area contributed by atoms with Gasteiger partial charge in [0.15, 0.2) is 0 Å². The van der Waals surface area contributed by atoms with E-state index in [9.17, 15) is 14.7 Å². The number of amides is 1. The molecule has 1 amide bonds. The van der Waals surface area contributed by atoms with Crippen LogP contribution in [0.5, 0.6) is 0 Å². The van der Waals surface area contributed by atoms with E-state index in [2.05, 4.69) is 50.9 Å². The third-order valence-corrected chi connectivity index (χ3v) is 8.28. The summed E-state index contributed by atoms with van der Waals surface area (Å²) in [5, 5.41) is 9.72. The number of carboxylic acid groups (broad SMARTS) is 1. The molecule has 153 valence electrons. The Morgan fingerprint density at radius 2 is 1.76 bits per heavy atom. The molecule has 0 fully saturated rings. The summed E-state index contributed by atoms with van der Waals surface area (Å²) in [6.45, 7) is 9.73. The Hall–Kier alpha value is -2.13. The SMILES string of the molecule is CC(C)C1(C(C)C)CN(C(=O)O)CCc2cc([As]C(=O)c3ccncc3)ccc21. The Bertz CT molecular complexity index is 888. The Labute approximate surface area is 179 Å². The van der Waals surface area contributed by atoms with E-state index >= 15 is 0 Å². The molecule has 3 rings (SSSR count). The van der Waals surface area contributed by atoms with E-state index < -0.39 is 21.8 Å². The second-order valence-corrected chi connectivity index (χ2v) is 10.7.